The van der Waals surface area contributed by atoms with Crippen LogP contribution in [0.15, 0.2) is 24.3 Å². The van der Waals surface area contributed by atoms with Crippen molar-refractivity contribution >= 4 is 20.1 Å². The minimum absolute atomic E-state index is 1.02. The fraction of sp³-hybridized carbons (Fsp3) is 0.417. The second-order valence-corrected chi connectivity index (χ2v) is 10.1. The van der Waals surface area contributed by atoms with E-state index in [1.807, 2.05) is 0 Å². The Bertz CT molecular complexity index is 404. The molecule has 2 nitrogen and oxygen atoms in total. The maximum Gasteiger partial charge on any atom is 0.350 e. The van der Waals surface area contributed by atoms with Crippen molar-refractivity contribution in [3.63, 3.8) is 0 Å². The van der Waals surface area contributed by atoms with E-state index in [-0.39, 0.29) is 0 Å². The van der Waals surface area contributed by atoms with Crippen molar-refractivity contribution < 1.29 is 4.24 Å². The fourth-order valence-corrected chi connectivity index (χ4v) is 3.03. The third-order valence-corrected chi connectivity index (χ3v) is 4.86. The van der Waals surface area contributed by atoms with Gasteiger partial charge >= 0.3 is 8.24 Å². The van der Waals surface area contributed by atoms with Gasteiger partial charge in [0.15, 0.2) is 12.9 Å². The molecule has 3 heteroatoms. The molecule has 0 fully saturated rings. The Hall–Kier alpha value is -1.09. The Labute approximate surface area is 92.9 Å². The molecule has 0 saturated carbocycles. The Kier molecular flexibility index (Phi) is 2.42. The van der Waals surface area contributed by atoms with Gasteiger partial charge in [-0.2, -0.15) is 0 Å². The van der Waals surface area contributed by atoms with Gasteiger partial charge in [-0.1, -0.05) is 12.1 Å². The third kappa shape index (κ3) is 1.97. The number of benzene rings is 1. The Morgan fingerprint density at radius 3 is 2.53 bits per heavy atom. The molecule has 1 heterocycles. The zero-order valence-electron chi connectivity index (χ0n) is 9.99. The second kappa shape index (κ2) is 3.49. The third-order valence-electron chi connectivity index (χ3n) is 2.87. The molecule has 0 amide bonds. The van der Waals surface area contributed by atoms with Gasteiger partial charge in [-0.15, -0.1) is 0 Å². The van der Waals surface area contributed by atoms with E-state index < -0.39 is 8.24 Å². The van der Waals surface area contributed by atoms with Gasteiger partial charge in [0.25, 0.3) is 0 Å². The summed E-state index contributed by atoms with van der Waals surface area (Å²) in [6, 6.07) is 8.59. The van der Waals surface area contributed by atoms with Crippen LogP contribution in [-0.2, 0) is 0 Å². The lowest BCUT2D eigenvalue weighted by Gasteiger charge is -2.28. The number of para-hydroxylation sites is 1. The number of rotatable bonds is 1. The molecule has 1 aliphatic heterocycles. The van der Waals surface area contributed by atoms with Crippen LogP contribution >= 0.6 is 0 Å². The molecule has 1 aliphatic rings. The minimum atomic E-state index is -1.23. The summed E-state index contributed by atoms with van der Waals surface area (Å²) in [6.07, 6.45) is 2.32. The lowest BCUT2D eigenvalue weighted by molar-refractivity contribution is -0.393. The summed E-state index contributed by atoms with van der Waals surface area (Å²) >= 11 is 0. The van der Waals surface area contributed by atoms with E-state index in [9.17, 15) is 0 Å². The predicted molar refractivity (Wildman–Crippen MR) is 68.5 cm³/mol. The van der Waals surface area contributed by atoms with Gasteiger partial charge < -0.3 is 4.90 Å². The summed E-state index contributed by atoms with van der Waals surface area (Å²) in [5.41, 5.74) is 2.68. The van der Waals surface area contributed by atoms with Gasteiger partial charge in [-0.25, -0.2) is 0 Å². The van der Waals surface area contributed by atoms with Crippen LogP contribution < -0.4 is 4.90 Å². The van der Waals surface area contributed by atoms with Gasteiger partial charge in [0.2, 0.25) is 0 Å². The van der Waals surface area contributed by atoms with E-state index in [2.05, 4.69) is 66.3 Å². The summed E-state index contributed by atoms with van der Waals surface area (Å²) in [5, 5.41) is 0. The monoisotopic (exact) mass is 219 g/mol. The van der Waals surface area contributed by atoms with Crippen molar-refractivity contribution in [3.05, 3.63) is 29.8 Å². The van der Waals surface area contributed by atoms with E-state index in [1.54, 1.807) is 0 Å². The van der Waals surface area contributed by atoms with Crippen molar-refractivity contribution in [3.8, 4) is 0 Å². The average Bonchev–Trinajstić information content (AvgIpc) is 2.16. The van der Waals surface area contributed by atoms with Crippen molar-refractivity contribution in [2.75, 3.05) is 18.6 Å². The number of hydrogen-bond acceptors (Lipinski definition) is 1. The molecule has 0 N–H and O–H groups in total. The first-order chi connectivity index (χ1) is 6.98. The highest BCUT2D eigenvalue weighted by Gasteiger charge is 2.33. The van der Waals surface area contributed by atoms with E-state index in [0.29, 0.717) is 0 Å². The van der Waals surface area contributed by atoms with E-state index in [0.717, 1.165) is 6.67 Å². The highest BCUT2D eigenvalue weighted by molar-refractivity contribution is 6.68. The summed E-state index contributed by atoms with van der Waals surface area (Å²) in [7, 11) is 0.935. The highest BCUT2D eigenvalue weighted by Crippen LogP contribution is 2.21. The Morgan fingerprint density at radius 1 is 1.20 bits per heavy atom. The van der Waals surface area contributed by atoms with Gasteiger partial charge in [0, 0.05) is 7.05 Å². The number of hydrogen-bond donors (Lipinski definition) is 0. The summed E-state index contributed by atoms with van der Waals surface area (Å²) in [6.45, 7) is 8.16. The largest absolute Gasteiger partial charge is 0.350 e. The van der Waals surface area contributed by atoms with Gasteiger partial charge in [0.1, 0.15) is 0 Å². The molecule has 0 radical (unpaired) electrons. The molecule has 1 aromatic rings. The van der Waals surface area contributed by atoms with Crippen molar-refractivity contribution in [2.24, 2.45) is 0 Å². The lowest BCUT2D eigenvalue weighted by atomic mass is 10.1. The van der Waals surface area contributed by atoms with Crippen LogP contribution in [0, 0.1) is 0 Å². The molecule has 0 atom stereocenters. The molecule has 0 saturated heterocycles. The summed E-state index contributed by atoms with van der Waals surface area (Å²) < 4.78 is 2.51. The van der Waals surface area contributed by atoms with E-state index in [4.69, 9.17) is 0 Å². The topological polar surface area (TPSA) is 6.25 Å². The van der Waals surface area contributed by atoms with Gasteiger partial charge in [-0.3, -0.25) is 4.24 Å². The van der Waals surface area contributed by atoms with Crippen molar-refractivity contribution in [1.82, 2.24) is 0 Å². The van der Waals surface area contributed by atoms with Crippen LogP contribution in [0.4, 0.5) is 5.69 Å². The summed E-state index contributed by atoms with van der Waals surface area (Å²) in [4.78, 5) is 2.33. The Balaban J connectivity index is 2.48. The lowest BCUT2D eigenvalue weighted by Crippen LogP contribution is -2.47. The predicted octanol–water partition coefficient (Wildman–Crippen LogP) is 2.36. The maximum atomic E-state index is 2.51. The van der Waals surface area contributed by atoms with Gasteiger partial charge in [-0.05, 0) is 31.8 Å². The van der Waals surface area contributed by atoms with Crippen LogP contribution in [0.1, 0.15) is 5.56 Å². The molecule has 80 valence electrons. The van der Waals surface area contributed by atoms with E-state index >= 15 is 0 Å². The summed E-state index contributed by atoms with van der Waals surface area (Å²) in [5.74, 6) is 0. The number of fused-ring (bicyclic) bond motifs is 1. The molecular formula is C12H19N2Si+. The smallest absolute Gasteiger partial charge is 0.321 e. The van der Waals surface area contributed by atoms with Crippen molar-refractivity contribution in [2.45, 2.75) is 19.6 Å². The SMILES string of the molecule is CN1C[N+]([Si](C)(C)C)=Cc2ccccc21. The van der Waals surface area contributed by atoms with Crippen LogP contribution in [-0.4, -0.2) is 32.4 Å². The quantitative estimate of drug-likeness (QED) is 0.657. The fourth-order valence-electron chi connectivity index (χ4n) is 1.86. The zero-order valence-corrected chi connectivity index (χ0v) is 11.0. The molecule has 0 aliphatic carbocycles. The molecule has 0 unspecified atom stereocenters. The van der Waals surface area contributed by atoms with Crippen LogP contribution in [0.5, 0.6) is 0 Å². The molecule has 1 aromatic carbocycles. The first-order valence-corrected chi connectivity index (χ1v) is 8.85. The number of anilines is 1. The minimum Gasteiger partial charge on any atom is -0.321 e. The standard InChI is InChI=1S/C12H19N2Si/c1-13-10-14(15(2,3)4)9-11-7-5-6-8-12(11)13/h5-9H,10H2,1-4H3/q+1. The molecular weight excluding hydrogens is 200 g/mol. The van der Waals surface area contributed by atoms with Crippen LogP contribution in [0.3, 0.4) is 0 Å². The molecule has 15 heavy (non-hydrogen) atoms. The first kappa shape index (κ1) is 10.4. The van der Waals surface area contributed by atoms with Crippen LogP contribution in [0.25, 0.3) is 0 Å². The number of nitrogens with zero attached hydrogens (tertiary/aromatic N) is 2. The van der Waals surface area contributed by atoms with Crippen molar-refractivity contribution in [1.29, 1.82) is 0 Å². The Morgan fingerprint density at radius 2 is 1.87 bits per heavy atom. The van der Waals surface area contributed by atoms with E-state index in [1.165, 1.54) is 11.3 Å². The first-order valence-electron chi connectivity index (χ1n) is 5.40. The molecule has 0 spiro atoms. The second-order valence-electron chi connectivity index (χ2n) is 5.17. The average molecular weight is 219 g/mol. The van der Waals surface area contributed by atoms with Gasteiger partial charge in [0.05, 0.1) is 11.3 Å². The molecule has 0 bridgehead atoms. The maximum absolute atomic E-state index is 2.51. The molecule has 2 rings (SSSR count). The normalized spacial score (nSPS) is 16.0. The molecule has 0 aromatic heterocycles. The highest BCUT2D eigenvalue weighted by atomic mass is 28.3. The zero-order chi connectivity index (χ0) is 11.1. The van der Waals surface area contributed by atoms with Crippen LogP contribution in [0.2, 0.25) is 19.6 Å².